The molecule has 0 unspecified atom stereocenters. The zero-order valence-electron chi connectivity index (χ0n) is 54.2. The molecule has 30 heteroatoms. The van der Waals surface area contributed by atoms with Crippen LogP contribution in [0.3, 0.4) is 0 Å². The van der Waals surface area contributed by atoms with Gasteiger partial charge in [-0.25, -0.2) is 0 Å². The smallest absolute Gasteiger partial charge is 0.187 e. The molecule has 6 saturated heterocycles. The Morgan fingerprint density at radius 3 is 1.53 bits per heavy atom. The zero-order valence-corrected chi connectivity index (χ0v) is 54.2. The van der Waals surface area contributed by atoms with Crippen LogP contribution in [0.1, 0.15) is 113 Å². The molecule has 0 amide bonds. The van der Waals surface area contributed by atoms with Crippen LogP contribution >= 0.6 is 0 Å². The van der Waals surface area contributed by atoms with Crippen molar-refractivity contribution < 1.29 is 149 Å². The quantitative estimate of drug-likeness (QED) is 0.0403. The molecule has 4 aliphatic carbocycles. The number of aliphatic hydroxyl groups is 18. The fraction of sp³-hybridized carbons (Fsp3) is 0.968. The van der Waals surface area contributed by atoms with Crippen molar-refractivity contribution in [2.45, 2.75) is 297 Å². The first-order chi connectivity index (χ1) is 43.7. The molecule has 0 radical (unpaired) electrons. The van der Waals surface area contributed by atoms with E-state index in [0.29, 0.717) is 44.9 Å². The molecule has 30 nitrogen and oxygen atoms in total. The van der Waals surface area contributed by atoms with E-state index in [1.165, 1.54) is 0 Å². The van der Waals surface area contributed by atoms with Crippen molar-refractivity contribution >= 4 is 0 Å². The normalized spacial score (nSPS) is 53.1. The first kappa shape index (κ1) is 74.2. The number of ether oxygens (including phenoxy) is 12. The highest BCUT2D eigenvalue weighted by atomic mass is 16.8. The van der Waals surface area contributed by atoms with Gasteiger partial charge in [-0.15, -0.1) is 0 Å². The lowest BCUT2D eigenvalue weighted by molar-refractivity contribution is -0.395. The summed E-state index contributed by atoms with van der Waals surface area (Å²) < 4.78 is 72.4. The first-order valence-corrected chi connectivity index (χ1v) is 33.1. The van der Waals surface area contributed by atoms with Crippen LogP contribution in [0.2, 0.25) is 0 Å². The Morgan fingerprint density at radius 1 is 0.473 bits per heavy atom. The summed E-state index contributed by atoms with van der Waals surface area (Å²) in [6, 6.07) is 0. The third kappa shape index (κ3) is 13.7. The lowest BCUT2D eigenvalue weighted by Crippen LogP contribution is -2.68. The van der Waals surface area contributed by atoms with Gasteiger partial charge in [-0.05, 0) is 124 Å². The Morgan fingerprint density at radius 2 is 0.946 bits per heavy atom. The number of fused-ring (bicyclic) bond motifs is 5. The molecule has 0 bridgehead atoms. The Balaban J connectivity index is 0.837. The number of aliphatic hydroxyl groups excluding tert-OH is 18. The lowest BCUT2D eigenvalue weighted by Gasteiger charge is -2.71. The zero-order chi connectivity index (χ0) is 67.9. The molecule has 93 heavy (non-hydrogen) atoms. The van der Waals surface area contributed by atoms with E-state index in [9.17, 15) is 91.9 Å². The minimum atomic E-state index is -1.90. The van der Waals surface area contributed by atoms with E-state index >= 15 is 0 Å². The van der Waals surface area contributed by atoms with Gasteiger partial charge in [0.15, 0.2) is 37.7 Å². The van der Waals surface area contributed by atoms with Crippen molar-refractivity contribution in [1.29, 1.82) is 0 Å². The van der Waals surface area contributed by atoms with Gasteiger partial charge in [-0.3, -0.25) is 0 Å². The maximum atomic E-state index is 13.0. The van der Waals surface area contributed by atoms with E-state index in [2.05, 4.69) is 40.7 Å². The molecule has 4 saturated carbocycles. The summed E-state index contributed by atoms with van der Waals surface area (Å²) in [5.74, 6) is -0.714. The molecule has 37 atom stereocenters. The molecule has 538 valence electrons. The predicted octanol–water partition coefficient (Wildman–Crippen LogP) is -4.64. The third-order valence-corrected chi connectivity index (χ3v) is 24.0. The largest absolute Gasteiger partial charge is 0.394 e. The Labute approximate surface area is 540 Å². The molecular weight excluding hydrogens is 1240 g/mol. The second-order valence-corrected chi connectivity index (χ2v) is 30.0. The monoisotopic (exact) mass is 1340 g/mol. The van der Waals surface area contributed by atoms with E-state index in [0.717, 1.165) is 18.4 Å². The van der Waals surface area contributed by atoms with Crippen molar-refractivity contribution in [3.63, 3.8) is 0 Å². The van der Waals surface area contributed by atoms with Crippen LogP contribution in [0.25, 0.3) is 0 Å². The van der Waals surface area contributed by atoms with E-state index < -0.39 is 233 Å². The van der Waals surface area contributed by atoms with Gasteiger partial charge in [-0.2, -0.15) is 0 Å². The summed E-state index contributed by atoms with van der Waals surface area (Å²) in [5, 5.41) is 197. The van der Waals surface area contributed by atoms with Gasteiger partial charge in [-0.1, -0.05) is 46.3 Å². The molecule has 10 rings (SSSR count). The molecule has 0 spiro atoms. The van der Waals surface area contributed by atoms with Crippen LogP contribution in [0, 0.1) is 45.3 Å². The van der Waals surface area contributed by atoms with Crippen molar-refractivity contribution in [2.75, 3.05) is 39.6 Å². The Bertz CT molecular complexity index is 2480. The summed E-state index contributed by atoms with van der Waals surface area (Å²) in [6.45, 7) is 13.7. The summed E-state index contributed by atoms with van der Waals surface area (Å²) in [4.78, 5) is 0. The molecule has 0 aromatic rings. The topological polar surface area (TPSA) is 475 Å². The lowest BCUT2D eigenvalue weighted by atomic mass is 9.35. The predicted molar refractivity (Wildman–Crippen MR) is 313 cm³/mol. The second-order valence-electron chi connectivity index (χ2n) is 30.0. The molecule has 10 fully saturated rings. The minimum Gasteiger partial charge on any atom is -0.394 e. The molecule has 6 aliphatic heterocycles. The van der Waals surface area contributed by atoms with Crippen molar-refractivity contribution in [1.82, 2.24) is 0 Å². The van der Waals surface area contributed by atoms with Crippen molar-refractivity contribution in [3.05, 3.63) is 11.6 Å². The van der Waals surface area contributed by atoms with Crippen LogP contribution < -0.4 is 0 Å². The van der Waals surface area contributed by atoms with Crippen molar-refractivity contribution in [2.24, 2.45) is 45.3 Å². The van der Waals surface area contributed by atoms with Crippen LogP contribution in [-0.4, -0.2) is 315 Å². The highest BCUT2D eigenvalue weighted by molar-refractivity contribution is 5.21. The first-order valence-electron chi connectivity index (χ1n) is 33.1. The van der Waals surface area contributed by atoms with E-state index in [1.807, 2.05) is 20.8 Å². The van der Waals surface area contributed by atoms with Crippen LogP contribution in [0.4, 0.5) is 0 Å². The maximum Gasteiger partial charge on any atom is 0.187 e. The van der Waals surface area contributed by atoms with Gasteiger partial charge in [0.1, 0.15) is 128 Å². The molecule has 0 aromatic carbocycles. The maximum absolute atomic E-state index is 13.0. The molecule has 10 aliphatic rings. The standard InChI is InChI=1S/C63H106O30/c1-25(2)10-9-14-63(8,93-56-50(81)44(75)42(73)32(89-56)24-85-54-49(80)43(74)33(88-54)23-84-53-47(78)38(69)28(67)21-82-53)26-11-16-62(7)37(26)27(66)18-35-60(5)15-13-36(59(3,4)34(60)12-17-61(35,62)6)90-57-51(45(76)40(71)30(19-64)86-57)92-58-52(46(77)41(72)31(20-65)87-58)91-55-48(79)39(70)29(68)22-83-55/h10,26-58,64-81H,9,11-24H2,1-8H3/t26-,27+,28+,29+,30+,31+,32+,33-,34+,35+,36-,37-,38-,39-,40+,41+,42+,43-,44-,45-,46-,47+,48+,49+,50+,51+,52+,53-,54+,55-,56-,57-,58-,60-,61+,62+,63-/m0/s1. The minimum absolute atomic E-state index is 0.0257. The Kier molecular flexibility index (Phi) is 23.1. The fourth-order valence-corrected chi connectivity index (χ4v) is 18.3. The van der Waals surface area contributed by atoms with Crippen LogP contribution in [-0.2, 0) is 56.8 Å². The number of allylic oxidation sites excluding steroid dienone is 2. The molecule has 6 heterocycles. The van der Waals surface area contributed by atoms with Gasteiger partial charge in [0.2, 0.25) is 0 Å². The highest BCUT2D eigenvalue weighted by Gasteiger charge is 2.72. The molecule has 0 aromatic heterocycles. The summed E-state index contributed by atoms with van der Waals surface area (Å²) in [6.07, 6.45) is -37.7. The SMILES string of the molecule is CC(C)=CCC[C@](C)(O[C@@H]1O[C@H](CO[C@@H]2O[C@@H](CO[C@@H]3OC[C@@H](O)[C@H](O)[C@H]3O)[C@H](O)[C@H]2O)[C@@H](O)[C@H](O)[C@H]1O)[C@H]1CC[C@]2(C)[C@@H]1[C@H](O)C[C@@H]1[C@@]3(C)CC[C@H](O[C@@H]4O[C@H](CO)[C@@H](O)[C@H](O)[C@H]4O[C@@H]4O[C@H](CO)[C@@H](O)[C@H](O)[C@H]4O[C@@H]4OC[C@@H](O)[C@H](O)[C@H]4O)C(C)(C)[C@H]3CC[C@]12C. The van der Waals surface area contributed by atoms with Gasteiger partial charge in [0.05, 0.1) is 57.5 Å². The summed E-state index contributed by atoms with van der Waals surface area (Å²) >= 11 is 0. The number of rotatable bonds is 20. The van der Waals surface area contributed by atoms with Gasteiger partial charge >= 0.3 is 0 Å². The second kappa shape index (κ2) is 28.9. The van der Waals surface area contributed by atoms with E-state index in [4.69, 9.17) is 56.8 Å². The van der Waals surface area contributed by atoms with Gasteiger partial charge < -0.3 is 149 Å². The molecular formula is C63H106O30. The average Bonchev–Trinajstić information content (AvgIpc) is 1.67. The molecule has 18 N–H and O–H groups in total. The van der Waals surface area contributed by atoms with E-state index in [1.54, 1.807) is 0 Å². The van der Waals surface area contributed by atoms with Gasteiger partial charge in [0, 0.05) is 0 Å². The third-order valence-electron chi connectivity index (χ3n) is 24.0. The number of hydrogen-bond acceptors (Lipinski definition) is 30. The fourth-order valence-electron chi connectivity index (χ4n) is 18.3. The number of hydrogen-bond donors (Lipinski definition) is 18. The van der Waals surface area contributed by atoms with Gasteiger partial charge in [0.25, 0.3) is 0 Å². The summed E-state index contributed by atoms with van der Waals surface area (Å²) in [7, 11) is 0. The highest BCUT2D eigenvalue weighted by Crippen LogP contribution is 2.76. The van der Waals surface area contributed by atoms with Crippen LogP contribution in [0.5, 0.6) is 0 Å². The van der Waals surface area contributed by atoms with Crippen molar-refractivity contribution in [3.8, 4) is 0 Å². The average molecular weight is 1340 g/mol. The van der Waals surface area contributed by atoms with Crippen LogP contribution in [0.15, 0.2) is 11.6 Å². The Hall–Kier alpha value is -1.46. The summed E-state index contributed by atoms with van der Waals surface area (Å²) in [5.41, 5.74) is -1.95. The van der Waals surface area contributed by atoms with E-state index in [-0.39, 0.29) is 35.7 Å².